The summed E-state index contributed by atoms with van der Waals surface area (Å²) in [6.07, 6.45) is 5.17. The van der Waals surface area contributed by atoms with Gasteiger partial charge in [-0.1, -0.05) is 18.3 Å². The number of ether oxygens (including phenoxy) is 1. The van der Waals surface area contributed by atoms with Crippen LogP contribution in [0.1, 0.15) is 42.8 Å². The molecule has 1 fully saturated rings. The number of rotatable bonds is 5. The molecule has 1 N–H and O–H groups in total. The van der Waals surface area contributed by atoms with Crippen molar-refractivity contribution in [2.45, 2.75) is 33.1 Å². The zero-order chi connectivity index (χ0) is 20.4. The third kappa shape index (κ3) is 4.23. The van der Waals surface area contributed by atoms with E-state index in [-0.39, 0.29) is 23.5 Å². The first-order valence-electron chi connectivity index (χ1n) is 9.74. The van der Waals surface area contributed by atoms with Crippen molar-refractivity contribution < 1.29 is 18.7 Å². The van der Waals surface area contributed by atoms with Gasteiger partial charge in [0.1, 0.15) is 10.6 Å². The van der Waals surface area contributed by atoms with Crippen LogP contribution in [0.15, 0.2) is 39.6 Å². The summed E-state index contributed by atoms with van der Waals surface area (Å²) in [4.78, 5) is 35.2. The molecule has 2 aromatic rings. The number of Topliss-reactive ketones (excluding diaryl/α,β-unsaturated/α-hetero) is 1. The molecular formula is C21H23N3O4S. The van der Waals surface area contributed by atoms with Crippen LogP contribution in [0, 0.1) is 11.8 Å². The van der Waals surface area contributed by atoms with Crippen molar-refractivity contribution in [2.24, 2.45) is 16.8 Å². The Labute approximate surface area is 172 Å². The average molecular weight is 413 g/mol. The van der Waals surface area contributed by atoms with E-state index in [2.05, 4.69) is 15.3 Å². The Morgan fingerprint density at radius 1 is 1.28 bits per heavy atom. The Morgan fingerprint density at radius 2 is 2.07 bits per heavy atom. The van der Waals surface area contributed by atoms with E-state index in [4.69, 9.17) is 9.15 Å². The minimum atomic E-state index is -0.238. The number of aliphatic imine (C=N–C) groups is 1. The Morgan fingerprint density at radius 3 is 2.76 bits per heavy atom. The number of hydrogen-bond donors (Lipinski definition) is 1. The number of carbonyl (C=O) groups is 2. The molecule has 152 valence electrons. The second-order valence-corrected chi connectivity index (χ2v) is 8.41. The number of amides is 1. The lowest BCUT2D eigenvalue weighted by molar-refractivity contribution is -0.113. The number of aromatic nitrogens is 1. The van der Waals surface area contributed by atoms with Crippen molar-refractivity contribution in [3.8, 4) is 11.5 Å². The molecule has 4 rings (SSSR count). The first-order valence-corrected chi connectivity index (χ1v) is 10.6. The molecule has 1 saturated heterocycles. The topological polar surface area (TPSA) is 93.8 Å². The van der Waals surface area contributed by atoms with Crippen LogP contribution in [0.3, 0.4) is 0 Å². The number of carbonyl (C=O) groups excluding carboxylic acids is 2. The molecule has 0 saturated carbocycles. The number of furan rings is 1. The molecule has 2 aliphatic heterocycles. The minimum Gasteiger partial charge on any atom is -0.463 e. The Bertz CT molecular complexity index is 968. The number of nitrogens with one attached hydrogen (secondary N) is 1. The normalized spacial score (nSPS) is 20.1. The standard InChI is InChI=1S/C21H23N3O4S/c1-12-10-15(11-22-13(12)2)20(26)24-21-23-17(16-4-3-7-28-16)19(29-21)18(25)14-5-8-27-9-6-14/h3-4,7,11-12,14H,5-6,8-10H2,1-2H3,(H,23,24,26). The second-order valence-electron chi connectivity index (χ2n) is 7.41. The van der Waals surface area contributed by atoms with Gasteiger partial charge in [0.25, 0.3) is 5.91 Å². The number of ketones is 1. The van der Waals surface area contributed by atoms with Crippen molar-refractivity contribution >= 4 is 33.9 Å². The molecule has 0 spiro atoms. The fourth-order valence-corrected chi connectivity index (χ4v) is 4.42. The molecule has 4 heterocycles. The third-order valence-electron chi connectivity index (χ3n) is 5.37. The van der Waals surface area contributed by atoms with Crippen molar-refractivity contribution in [3.05, 3.63) is 35.0 Å². The van der Waals surface area contributed by atoms with Crippen LogP contribution in [-0.2, 0) is 9.53 Å². The summed E-state index contributed by atoms with van der Waals surface area (Å²) < 4.78 is 10.9. The lowest BCUT2D eigenvalue weighted by atomic mass is 9.94. The monoisotopic (exact) mass is 413 g/mol. The maximum absolute atomic E-state index is 13.1. The predicted octanol–water partition coefficient (Wildman–Crippen LogP) is 4.34. The maximum Gasteiger partial charge on any atom is 0.254 e. The summed E-state index contributed by atoms with van der Waals surface area (Å²) in [7, 11) is 0. The Kier molecular flexibility index (Phi) is 5.73. The largest absolute Gasteiger partial charge is 0.463 e. The van der Waals surface area contributed by atoms with Crippen LogP contribution in [0.5, 0.6) is 0 Å². The van der Waals surface area contributed by atoms with Gasteiger partial charge in [0.15, 0.2) is 16.7 Å². The maximum atomic E-state index is 13.1. The predicted molar refractivity (Wildman–Crippen MR) is 111 cm³/mol. The molecule has 29 heavy (non-hydrogen) atoms. The zero-order valence-corrected chi connectivity index (χ0v) is 17.3. The molecular weight excluding hydrogens is 390 g/mol. The van der Waals surface area contributed by atoms with Gasteiger partial charge in [-0.25, -0.2) is 4.98 Å². The third-order valence-corrected chi connectivity index (χ3v) is 6.36. The second kappa shape index (κ2) is 8.42. The molecule has 8 heteroatoms. The summed E-state index contributed by atoms with van der Waals surface area (Å²) in [5.74, 6) is 0.436. The zero-order valence-electron chi connectivity index (χ0n) is 16.4. The number of hydrogen-bond acceptors (Lipinski definition) is 7. The minimum absolute atomic E-state index is 0.0310. The Balaban J connectivity index is 1.60. The van der Waals surface area contributed by atoms with Crippen molar-refractivity contribution in [1.82, 2.24) is 4.98 Å². The average Bonchev–Trinajstić information content (AvgIpc) is 3.40. The van der Waals surface area contributed by atoms with Gasteiger partial charge in [-0.05, 0) is 44.2 Å². The molecule has 0 bridgehead atoms. The molecule has 1 unspecified atom stereocenters. The van der Waals surface area contributed by atoms with Crippen molar-refractivity contribution in [1.29, 1.82) is 0 Å². The van der Waals surface area contributed by atoms with E-state index in [1.54, 1.807) is 24.6 Å². The summed E-state index contributed by atoms with van der Waals surface area (Å²) in [6.45, 7) is 5.17. The van der Waals surface area contributed by atoms with Crippen LogP contribution < -0.4 is 5.32 Å². The van der Waals surface area contributed by atoms with Crippen molar-refractivity contribution in [3.63, 3.8) is 0 Å². The first kappa shape index (κ1) is 19.7. The highest BCUT2D eigenvalue weighted by Crippen LogP contribution is 2.35. The summed E-state index contributed by atoms with van der Waals surface area (Å²) >= 11 is 1.20. The van der Waals surface area contributed by atoms with E-state index < -0.39 is 0 Å². The van der Waals surface area contributed by atoms with Gasteiger partial charge in [0, 0.05) is 36.6 Å². The first-order chi connectivity index (χ1) is 14.0. The summed E-state index contributed by atoms with van der Waals surface area (Å²) in [5, 5.41) is 3.23. The quantitative estimate of drug-likeness (QED) is 0.736. The molecule has 0 aromatic carbocycles. The molecule has 7 nitrogen and oxygen atoms in total. The molecule has 1 atom stereocenters. The van der Waals surface area contributed by atoms with Crippen LogP contribution in [0.4, 0.5) is 5.13 Å². The molecule has 0 aliphatic carbocycles. The smallest absolute Gasteiger partial charge is 0.254 e. The number of thiazole rings is 1. The van der Waals surface area contributed by atoms with Gasteiger partial charge in [-0.3, -0.25) is 19.9 Å². The SMILES string of the molecule is CC1=NC=C(C(=O)Nc2nc(-c3ccco3)c(C(=O)C3CCOCC3)s2)CC1C. The lowest BCUT2D eigenvalue weighted by Gasteiger charge is -2.20. The van der Waals surface area contributed by atoms with Crippen LogP contribution >= 0.6 is 11.3 Å². The van der Waals surface area contributed by atoms with Gasteiger partial charge in [-0.15, -0.1) is 0 Å². The molecule has 2 aromatic heterocycles. The van der Waals surface area contributed by atoms with Crippen LogP contribution in [-0.4, -0.2) is 35.6 Å². The van der Waals surface area contributed by atoms with E-state index in [1.807, 2.05) is 13.8 Å². The van der Waals surface area contributed by atoms with E-state index in [9.17, 15) is 9.59 Å². The number of anilines is 1. The Hall–Kier alpha value is -2.58. The van der Waals surface area contributed by atoms with E-state index in [1.165, 1.54) is 11.3 Å². The lowest BCUT2D eigenvalue weighted by Crippen LogP contribution is -2.23. The van der Waals surface area contributed by atoms with Gasteiger partial charge in [-0.2, -0.15) is 0 Å². The number of nitrogens with zero attached hydrogens (tertiary/aromatic N) is 2. The van der Waals surface area contributed by atoms with Gasteiger partial charge in [0.05, 0.1) is 6.26 Å². The summed E-state index contributed by atoms with van der Waals surface area (Å²) in [6, 6.07) is 3.52. The fourth-order valence-electron chi connectivity index (χ4n) is 3.43. The van der Waals surface area contributed by atoms with E-state index >= 15 is 0 Å². The van der Waals surface area contributed by atoms with Gasteiger partial charge < -0.3 is 9.15 Å². The highest BCUT2D eigenvalue weighted by atomic mass is 32.1. The van der Waals surface area contributed by atoms with Gasteiger partial charge in [0.2, 0.25) is 0 Å². The van der Waals surface area contributed by atoms with Crippen LogP contribution in [0.25, 0.3) is 11.5 Å². The highest BCUT2D eigenvalue weighted by molar-refractivity contribution is 7.18. The molecule has 0 radical (unpaired) electrons. The van der Waals surface area contributed by atoms with Crippen LogP contribution in [0.2, 0.25) is 0 Å². The fraction of sp³-hybridized carbons (Fsp3) is 0.429. The molecule has 2 aliphatic rings. The molecule has 1 amide bonds. The highest BCUT2D eigenvalue weighted by Gasteiger charge is 2.29. The van der Waals surface area contributed by atoms with Crippen molar-refractivity contribution in [2.75, 3.05) is 18.5 Å². The van der Waals surface area contributed by atoms with Gasteiger partial charge >= 0.3 is 0 Å². The summed E-state index contributed by atoms with van der Waals surface area (Å²) in [5.41, 5.74) is 2.10. The van der Waals surface area contributed by atoms with E-state index in [0.717, 1.165) is 5.71 Å². The van der Waals surface area contributed by atoms with E-state index in [0.29, 0.717) is 59.5 Å².